The van der Waals surface area contributed by atoms with E-state index >= 15 is 0 Å². The van der Waals surface area contributed by atoms with E-state index in [4.69, 9.17) is 0 Å². The summed E-state index contributed by atoms with van der Waals surface area (Å²) in [7, 11) is -3.66. The standard InChI is InChI=1S/C13H18N2O4S/c1-4-9-14(10-11(2)3)20(18,19)13-7-5-12(6-8-13)15(16)17/h4-8,11H,1,9-10H2,2-3H3. The van der Waals surface area contributed by atoms with Gasteiger partial charge in [-0.15, -0.1) is 6.58 Å². The van der Waals surface area contributed by atoms with E-state index in [0.29, 0.717) is 6.54 Å². The molecule has 0 N–H and O–H groups in total. The maximum Gasteiger partial charge on any atom is 0.269 e. The number of rotatable bonds is 7. The molecule has 0 heterocycles. The Kier molecular flexibility index (Phi) is 5.41. The van der Waals surface area contributed by atoms with Crippen LogP contribution in [0.15, 0.2) is 41.8 Å². The number of benzene rings is 1. The van der Waals surface area contributed by atoms with Crippen LogP contribution in [-0.2, 0) is 10.0 Å². The first-order valence-electron chi connectivity index (χ1n) is 6.14. The van der Waals surface area contributed by atoms with Gasteiger partial charge in [-0.3, -0.25) is 10.1 Å². The Morgan fingerprint density at radius 3 is 2.30 bits per heavy atom. The lowest BCUT2D eigenvalue weighted by Crippen LogP contribution is -2.34. The molecule has 1 aromatic rings. The smallest absolute Gasteiger partial charge is 0.258 e. The minimum absolute atomic E-state index is 0.0469. The highest BCUT2D eigenvalue weighted by atomic mass is 32.2. The van der Waals surface area contributed by atoms with Crippen molar-refractivity contribution >= 4 is 15.7 Å². The van der Waals surface area contributed by atoms with Gasteiger partial charge in [0.2, 0.25) is 10.0 Å². The molecule has 0 aliphatic carbocycles. The van der Waals surface area contributed by atoms with E-state index in [1.54, 1.807) is 0 Å². The van der Waals surface area contributed by atoms with Gasteiger partial charge in [-0.25, -0.2) is 8.42 Å². The zero-order valence-electron chi connectivity index (χ0n) is 11.5. The molecule has 1 aromatic carbocycles. The molecule has 0 aliphatic heterocycles. The van der Waals surface area contributed by atoms with E-state index in [9.17, 15) is 18.5 Å². The number of sulfonamides is 1. The molecule has 0 atom stereocenters. The van der Waals surface area contributed by atoms with Crippen LogP contribution in [0.3, 0.4) is 0 Å². The van der Waals surface area contributed by atoms with Crippen LogP contribution in [0.5, 0.6) is 0 Å². The topological polar surface area (TPSA) is 80.5 Å². The van der Waals surface area contributed by atoms with E-state index in [0.717, 1.165) is 0 Å². The Morgan fingerprint density at radius 2 is 1.90 bits per heavy atom. The minimum Gasteiger partial charge on any atom is -0.258 e. The van der Waals surface area contributed by atoms with Crippen molar-refractivity contribution in [3.05, 3.63) is 47.0 Å². The molecule has 0 spiro atoms. The molecule has 20 heavy (non-hydrogen) atoms. The number of nitro groups is 1. The van der Waals surface area contributed by atoms with Gasteiger partial charge in [0.15, 0.2) is 0 Å². The molecular formula is C13H18N2O4S. The van der Waals surface area contributed by atoms with Crippen LogP contribution < -0.4 is 0 Å². The molecule has 0 amide bonds. The fourth-order valence-electron chi connectivity index (χ4n) is 1.71. The normalized spacial score (nSPS) is 11.8. The molecule has 0 saturated carbocycles. The van der Waals surface area contributed by atoms with Crippen molar-refractivity contribution < 1.29 is 13.3 Å². The van der Waals surface area contributed by atoms with Gasteiger partial charge in [-0.2, -0.15) is 4.31 Å². The second-order valence-electron chi connectivity index (χ2n) is 4.76. The van der Waals surface area contributed by atoms with E-state index < -0.39 is 14.9 Å². The number of nitro benzene ring substituents is 1. The van der Waals surface area contributed by atoms with Crippen LogP contribution in [0.1, 0.15) is 13.8 Å². The monoisotopic (exact) mass is 298 g/mol. The van der Waals surface area contributed by atoms with Crippen molar-refractivity contribution in [2.75, 3.05) is 13.1 Å². The summed E-state index contributed by atoms with van der Waals surface area (Å²) in [4.78, 5) is 10.1. The van der Waals surface area contributed by atoms with Crippen LogP contribution in [0.2, 0.25) is 0 Å². The second-order valence-corrected chi connectivity index (χ2v) is 6.69. The quantitative estimate of drug-likeness (QED) is 0.440. The molecule has 0 fully saturated rings. The first kappa shape index (κ1) is 16.3. The van der Waals surface area contributed by atoms with Gasteiger partial charge >= 0.3 is 0 Å². The van der Waals surface area contributed by atoms with Crippen LogP contribution >= 0.6 is 0 Å². The molecule has 7 heteroatoms. The summed E-state index contributed by atoms with van der Waals surface area (Å²) in [5.41, 5.74) is -0.136. The number of hydrogen-bond acceptors (Lipinski definition) is 4. The molecule has 0 bridgehead atoms. The molecule has 110 valence electrons. The Bertz CT molecular complexity index is 579. The summed E-state index contributed by atoms with van der Waals surface area (Å²) in [6, 6.07) is 4.89. The lowest BCUT2D eigenvalue weighted by molar-refractivity contribution is -0.384. The van der Waals surface area contributed by atoms with Gasteiger partial charge in [0.25, 0.3) is 5.69 Å². The summed E-state index contributed by atoms with van der Waals surface area (Å²) in [6.07, 6.45) is 1.52. The summed E-state index contributed by atoms with van der Waals surface area (Å²) in [5, 5.41) is 10.6. The average Bonchev–Trinajstić information content (AvgIpc) is 2.37. The average molecular weight is 298 g/mol. The minimum atomic E-state index is -3.66. The zero-order valence-corrected chi connectivity index (χ0v) is 12.3. The first-order chi connectivity index (χ1) is 9.28. The Balaban J connectivity index is 3.11. The van der Waals surface area contributed by atoms with Crippen molar-refractivity contribution in [2.45, 2.75) is 18.7 Å². The van der Waals surface area contributed by atoms with Crippen LogP contribution in [0, 0.1) is 16.0 Å². The van der Waals surface area contributed by atoms with Gasteiger partial charge in [0.05, 0.1) is 9.82 Å². The van der Waals surface area contributed by atoms with Crippen molar-refractivity contribution in [3.8, 4) is 0 Å². The van der Waals surface area contributed by atoms with Crippen molar-refractivity contribution in [1.82, 2.24) is 4.31 Å². The van der Waals surface area contributed by atoms with Gasteiger partial charge in [0, 0.05) is 25.2 Å². The number of nitrogens with zero attached hydrogens (tertiary/aromatic N) is 2. The van der Waals surface area contributed by atoms with Crippen molar-refractivity contribution in [2.24, 2.45) is 5.92 Å². The SMILES string of the molecule is C=CCN(CC(C)C)S(=O)(=O)c1ccc([N+](=O)[O-])cc1. The summed E-state index contributed by atoms with van der Waals surface area (Å²) < 4.78 is 26.2. The van der Waals surface area contributed by atoms with Crippen molar-refractivity contribution in [1.29, 1.82) is 0 Å². The summed E-state index contributed by atoms with van der Waals surface area (Å²) in [6.45, 7) is 7.97. The third-order valence-corrected chi connectivity index (χ3v) is 4.43. The van der Waals surface area contributed by atoms with Crippen LogP contribution in [-0.4, -0.2) is 30.7 Å². The predicted molar refractivity (Wildman–Crippen MR) is 76.9 cm³/mol. The fourth-order valence-corrected chi connectivity index (χ4v) is 3.29. The lowest BCUT2D eigenvalue weighted by atomic mass is 10.2. The Hall–Kier alpha value is -1.73. The lowest BCUT2D eigenvalue weighted by Gasteiger charge is -2.22. The Morgan fingerprint density at radius 1 is 1.35 bits per heavy atom. The largest absolute Gasteiger partial charge is 0.269 e. The second kappa shape index (κ2) is 6.62. The van der Waals surface area contributed by atoms with Crippen LogP contribution in [0.25, 0.3) is 0 Å². The number of hydrogen-bond donors (Lipinski definition) is 0. The highest BCUT2D eigenvalue weighted by Crippen LogP contribution is 2.20. The van der Waals surface area contributed by atoms with Gasteiger partial charge in [-0.1, -0.05) is 19.9 Å². The van der Waals surface area contributed by atoms with E-state index in [1.165, 1.54) is 34.6 Å². The zero-order chi connectivity index (χ0) is 15.3. The molecular weight excluding hydrogens is 280 g/mol. The van der Waals surface area contributed by atoms with Crippen LogP contribution in [0.4, 0.5) is 5.69 Å². The highest BCUT2D eigenvalue weighted by Gasteiger charge is 2.24. The molecule has 0 aromatic heterocycles. The molecule has 0 saturated heterocycles. The van der Waals surface area contributed by atoms with E-state index in [1.807, 2.05) is 13.8 Å². The maximum absolute atomic E-state index is 12.4. The fraction of sp³-hybridized carbons (Fsp3) is 0.385. The summed E-state index contributed by atoms with van der Waals surface area (Å²) >= 11 is 0. The first-order valence-corrected chi connectivity index (χ1v) is 7.58. The van der Waals surface area contributed by atoms with Gasteiger partial charge < -0.3 is 0 Å². The molecule has 0 aliphatic rings. The van der Waals surface area contributed by atoms with E-state index in [-0.39, 0.29) is 23.0 Å². The maximum atomic E-state index is 12.4. The third kappa shape index (κ3) is 3.88. The van der Waals surface area contributed by atoms with Gasteiger partial charge in [0.1, 0.15) is 0 Å². The molecule has 1 rings (SSSR count). The Labute approximate surface area is 118 Å². The molecule has 6 nitrogen and oxygen atoms in total. The highest BCUT2D eigenvalue weighted by molar-refractivity contribution is 7.89. The summed E-state index contributed by atoms with van der Waals surface area (Å²) in [5.74, 6) is 0.169. The van der Waals surface area contributed by atoms with E-state index in [2.05, 4.69) is 6.58 Å². The third-order valence-electron chi connectivity index (χ3n) is 2.59. The van der Waals surface area contributed by atoms with Crippen molar-refractivity contribution in [3.63, 3.8) is 0 Å². The molecule has 0 radical (unpaired) electrons. The van der Waals surface area contributed by atoms with Gasteiger partial charge in [-0.05, 0) is 18.1 Å². The number of non-ortho nitro benzene ring substituents is 1. The predicted octanol–water partition coefficient (Wildman–Crippen LogP) is 2.43. The molecule has 0 unspecified atom stereocenters.